The highest BCUT2D eigenvalue weighted by Crippen LogP contribution is 2.30. The number of amides is 4. The van der Waals surface area contributed by atoms with Crippen LogP contribution in [0.4, 0.5) is 10.5 Å². The van der Waals surface area contributed by atoms with E-state index < -0.39 is 17.8 Å². The average molecular weight is 403 g/mol. The number of nitrogens with zero attached hydrogens (tertiary/aromatic N) is 2. The Morgan fingerprint density at radius 1 is 1.07 bits per heavy atom. The highest BCUT2D eigenvalue weighted by atomic mass is 16.2. The third kappa shape index (κ3) is 3.99. The summed E-state index contributed by atoms with van der Waals surface area (Å²) in [5.74, 6) is -1.22. The van der Waals surface area contributed by atoms with Crippen LogP contribution in [-0.2, 0) is 22.6 Å². The molecule has 6 nitrogen and oxygen atoms in total. The van der Waals surface area contributed by atoms with E-state index in [1.807, 2.05) is 42.5 Å². The number of carbonyl (C=O) groups is 3. The number of rotatable bonds is 6. The molecule has 30 heavy (non-hydrogen) atoms. The zero-order chi connectivity index (χ0) is 21.1. The highest BCUT2D eigenvalue weighted by molar-refractivity contribution is 6.30. The van der Waals surface area contributed by atoms with E-state index in [1.165, 1.54) is 11.3 Å². The third-order valence-electron chi connectivity index (χ3n) is 5.56. The van der Waals surface area contributed by atoms with Crippen LogP contribution < -0.4 is 10.2 Å². The smallest absolute Gasteiger partial charge is 0.331 e. The van der Waals surface area contributed by atoms with E-state index in [0.717, 1.165) is 48.4 Å². The van der Waals surface area contributed by atoms with Gasteiger partial charge in [-0.05, 0) is 47.7 Å². The molecule has 0 radical (unpaired) electrons. The van der Waals surface area contributed by atoms with Gasteiger partial charge in [-0.15, -0.1) is 0 Å². The lowest BCUT2D eigenvalue weighted by molar-refractivity contribution is -0.130. The highest BCUT2D eigenvalue weighted by Gasteiger charge is 2.35. The summed E-state index contributed by atoms with van der Waals surface area (Å²) in [4.78, 5) is 41.0. The Kier molecular flexibility index (Phi) is 5.65. The number of carbonyl (C=O) groups excluding carboxylic acids is 3. The van der Waals surface area contributed by atoms with Crippen molar-refractivity contribution in [2.45, 2.75) is 32.7 Å². The minimum atomic E-state index is -0.688. The first-order valence-corrected chi connectivity index (χ1v) is 10.4. The second-order valence-electron chi connectivity index (χ2n) is 7.67. The molecule has 4 amide bonds. The van der Waals surface area contributed by atoms with E-state index in [0.29, 0.717) is 0 Å². The van der Waals surface area contributed by atoms with Gasteiger partial charge in [0.25, 0.3) is 11.8 Å². The Labute approximate surface area is 176 Å². The molecule has 1 fully saturated rings. The molecule has 1 N–H and O–H groups in total. The van der Waals surface area contributed by atoms with Gasteiger partial charge in [0.1, 0.15) is 5.57 Å². The predicted molar refractivity (Wildman–Crippen MR) is 116 cm³/mol. The first kappa shape index (κ1) is 19.9. The molecule has 2 aromatic rings. The number of imide groups is 2. The van der Waals surface area contributed by atoms with Gasteiger partial charge in [0, 0.05) is 18.8 Å². The van der Waals surface area contributed by atoms with Crippen LogP contribution in [0.1, 0.15) is 36.5 Å². The topological polar surface area (TPSA) is 69.7 Å². The van der Waals surface area contributed by atoms with E-state index in [4.69, 9.17) is 0 Å². The molecule has 0 saturated carbocycles. The van der Waals surface area contributed by atoms with Gasteiger partial charge in [0.15, 0.2) is 0 Å². The quantitative estimate of drug-likeness (QED) is 0.592. The molecule has 6 heteroatoms. The second kappa shape index (κ2) is 8.53. The van der Waals surface area contributed by atoms with E-state index in [2.05, 4.69) is 23.2 Å². The summed E-state index contributed by atoms with van der Waals surface area (Å²) in [6.07, 6.45) is 4.85. The van der Waals surface area contributed by atoms with Crippen molar-refractivity contribution in [2.75, 3.05) is 18.0 Å². The molecule has 4 rings (SSSR count). The van der Waals surface area contributed by atoms with Crippen LogP contribution in [-0.4, -0.2) is 35.8 Å². The van der Waals surface area contributed by atoms with Crippen molar-refractivity contribution < 1.29 is 14.4 Å². The van der Waals surface area contributed by atoms with Crippen LogP contribution in [0.5, 0.6) is 0 Å². The van der Waals surface area contributed by atoms with Crippen LogP contribution in [0, 0.1) is 0 Å². The van der Waals surface area contributed by atoms with Crippen molar-refractivity contribution >= 4 is 29.6 Å². The lowest BCUT2D eigenvalue weighted by atomic mass is 10.0. The van der Waals surface area contributed by atoms with E-state index in [1.54, 1.807) is 6.08 Å². The molecule has 0 spiro atoms. The Morgan fingerprint density at radius 3 is 2.63 bits per heavy atom. The average Bonchev–Trinajstić information content (AvgIpc) is 3.15. The van der Waals surface area contributed by atoms with Crippen LogP contribution in [0.2, 0.25) is 0 Å². The number of hydrogen-bond acceptors (Lipinski definition) is 4. The van der Waals surface area contributed by atoms with Gasteiger partial charge < -0.3 is 4.90 Å². The molecule has 2 aliphatic rings. The van der Waals surface area contributed by atoms with E-state index >= 15 is 0 Å². The maximum Gasteiger partial charge on any atom is 0.331 e. The standard InChI is InChI=1S/C24H25N3O3/c1-2-3-12-26-13-11-19-14-18(9-10-21(19)26)15-20-22(28)25-24(30)27(23(20)29)16-17-7-5-4-6-8-17/h4-10,14-15H,2-3,11-13,16H2,1H3,(H,25,28,30)/b20-15-. The van der Waals surface area contributed by atoms with Crippen LogP contribution in [0.25, 0.3) is 6.08 Å². The molecule has 0 atom stereocenters. The molecular formula is C24H25N3O3. The van der Waals surface area contributed by atoms with Gasteiger partial charge in [0.05, 0.1) is 6.54 Å². The lowest BCUT2D eigenvalue weighted by Gasteiger charge is -2.26. The molecule has 2 heterocycles. The zero-order valence-corrected chi connectivity index (χ0v) is 17.1. The van der Waals surface area contributed by atoms with Crippen molar-refractivity contribution in [3.05, 3.63) is 70.8 Å². The number of urea groups is 1. The molecule has 154 valence electrons. The Balaban J connectivity index is 1.57. The predicted octanol–water partition coefficient (Wildman–Crippen LogP) is 3.51. The molecule has 2 aromatic carbocycles. The number of barbiturate groups is 1. The molecular weight excluding hydrogens is 378 g/mol. The second-order valence-corrected chi connectivity index (χ2v) is 7.67. The first-order chi connectivity index (χ1) is 14.6. The van der Waals surface area contributed by atoms with Crippen LogP contribution in [0.15, 0.2) is 54.1 Å². The molecule has 0 aliphatic carbocycles. The SMILES string of the molecule is CCCCN1CCc2cc(/C=C3/C(=O)NC(=O)N(Cc4ccccc4)C3=O)ccc21. The van der Waals surface area contributed by atoms with Crippen molar-refractivity contribution in [3.63, 3.8) is 0 Å². The van der Waals surface area contributed by atoms with Crippen molar-refractivity contribution in [2.24, 2.45) is 0 Å². The van der Waals surface area contributed by atoms with Crippen molar-refractivity contribution in [1.29, 1.82) is 0 Å². The van der Waals surface area contributed by atoms with E-state index in [-0.39, 0.29) is 12.1 Å². The van der Waals surface area contributed by atoms with Gasteiger partial charge in [-0.3, -0.25) is 19.8 Å². The molecule has 0 aromatic heterocycles. The van der Waals surface area contributed by atoms with E-state index in [9.17, 15) is 14.4 Å². The Bertz CT molecular complexity index is 1010. The number of nitrogens with one attached hydrogen (secondary N) is 1. The maximum absolute atomic E-state index is 12.9. The fourth-order valence-corrected chi connectivity index (χ4v) is 3.93. The number of unbranched alkanes of at least 4 members (excludes halogenated alkanes) is 1. The normalized spacial score (nSPS) is 17.5. The van der Waals surface area contributed by atoms with Crippen LogP contribution >= 0.6 is 0 Å². The van der Waals surface area contributed by atoms with Crippen molar-refractivity contribution in [1.82, 2.24) is 10.2 Å². The third-order valence-corrected chi connectivity index (χ3v) is 5.56. The van der Waals surface area contributed by atoms with Crippen molar-refractivity contribution in [3.8, 4) is 0 Å². The first-order valence-electron chi connectivity index (χ1n) is 10.4. The summed E-state index contributed by atoms with van der Waals surface area (Å²) in [5, 5.41) is 2.28. The van der Waals surface area contributed by atoms with Gasteiger partial charge >= 0.3 is 6.03 Å². The minimum Gasteiger partial charge on any atom is -0.371 e. The Morgan fingerprint density at radius 2 is 1.87 bits per heavy atom. The number of fused-ring (bicyclic) bond motifs is 1. The number of benzene rings is 2. The van der Waals surface area contributed by atoms with Gasteiger partial charge in [-0.25, -0.2) is 4.79 Å². The summed E-state index contributed by atoms with van der Waals surface area (Å²) in [6.45, 7) is 4.34. The largest absolute Gasteiger partial charge is 0.371 e. The van der Waals surface area contributed by atoms with Crippen LogP contribution in [0.3, 0.4) is 0 Å². The lowest BCUT2D eigenvalue weighted by Crippen LogP contribution is -2.53. The Hall–Kier alpha value is -3.41. The number of hydrogen-bond donors (Lipinski definition) is 1. The summed E-state index contributed by atoms with van der Waals surface area (Å²) in [6, 6.07) is 14.6. The molecule has 0 unspecified atom stereocenters. The van der Waals surface area contributed by atoms with Gasteiger partial charge in [-0.1, -0.05) is 49.7 Å². The molecule has 2 aliphatic heterocycles. The number of anilines is 1. The zero-order valence-electron chi connectivity index (χ0n) is 17.1. The van der Waals surface area contributed by atoms with Gasteiger partial charge in [0.2, 0.25) is 0 Å². The fraction of sp³-hybridized carbons (Fsp3) is 0.292. The minimum absolute atomic E-state index is 0.0219. The molecule has 0 bridgehead atoms. The summed E-state index contributed by atoms with van der Waals surface area (Å²) in [7, 11) is 0. The summed E-state index contributed by atoms with van der Waals surface area (Å²) >= 11 is 0. The van der Waals surface area contributed by atoms with Gasteiger partial charge in [-0.2, -0.15) is 0 Å². The summed E-state index contributed by atoms with van der Waals surface area (Å²) < 4.78 is 0. The fourth-order valence-electron chi connectivity index (χ4n) is 3.93. The maximum atomic E-state index is 12.9. The summed E-state index contributed by atoms with van der Waals surface area (Å²) in [5.41, 5.74) is 4.04. The monoisotopic (exact) mass is 403 g/mol. The molecule has 1 saturated heterocycles.